The molecule has 0 aliphatic carbocycles. The molecule has 0 bridgehead atoms. The van der Waals surface area contributed by atoms with E-state index in [1.807, 2.05) is 4.98 Å². The zero-order valence-electron chi connectivity index (χ0n) is 16.3. The molecule has 17 nitrogen and oxygen atoms in total. The summed E-state index contributed by atoms with van der Waals surface area (Å²) in [4.78, 5) is 61.5. The molecule has 0 aromatic carbocycles. The number of nitrogens with one attached hydrogen (secondary N) is 1. The van der Waals surface area contributed by atoms with Crippen molar-refractivity contribution < 1.29 is 61.4 Å². The van der Waals surface area contributed by atoms with Crippen molar-refractivity contribution in [2.45, 2.75) is 44.3 Å². The van der Waals surface area contributed by atoms with Gasteiger partial charge in [-0.2, -0.15) is 8.62 Å². The number of aromatic amines is 1. The minimum Gasteiger partial charge on any atom is -0.387 e. The van der Waals surface area contributed by atoms with E-state index in [2.05, 4.69) is 13.1 Å². The van der Waals surface area contributed by atoms with Crippen LogP contribution in [0.15, 0.2) is 15.8 Å². The van der Waals surface area contributed by atoms with Crippen molar-refractivity contribution in [3.63, 3.8) is 0 Å². The monoisotopic (exact) mass is 526 g/mol. The molecule has 6 atom stereocenters. The highest BCUT2D eigenvalue weighted by Gasteiger charge is 2.46. The molecule has 1 saturated heterocycles. The minimum absolute atomic E-state index is 0.159. The first kappa shape index (κ1) is 27.2. The molecule has 1 aromatic heterocycles. The average Bonchev–Trinajstić information content (AvgIpc) is 2.85. The first-order chi connectivity index (χ1) is 14.4. The smallest absolute Gasteiger partial charge is 0.387 e. The highest BCUT2D eigenvalue weighted by molar-refractivity contribution is 7.66. The summed E-state index contributed by atoms with van der Waals surface area (Å²) in [6, 6.07) is 0. The zero-order valence-corrected chi connectivity index (χ0v) is 19.0. The van der Waals surface area contributed by atoms with E-state index in [1.165, 1.54) is 0 Å². The Kier molecular flexibility index (Phi) is 8.23. The van der Waals surface area contributed by atoms with Crippen LogP contribution in [0.2, 0.25) is 0 Å². The Morgan fingerprint density at radius 2 is 1.66 bits per heavy atom. The maximum absolute atomic E-state index is 12.1. The second kappa shape index (κ2) is 9.68. The molecule has 7 N–H and O–H groups in total. The van der Waals surface area contributed by atoms with Crippen molar-refractivity contribution in [3.05, 3.63) is 32.6 Å². The highest BCUT2D eigenvalue weighted by atomic mass is 31.3. The molecule has 0 amide bonds. The number of H-pyrrole nitrogens is 1. The zero-order chi connectivity index (χ0) is 24.6. The Labute approximate surface area is 178 Å². The predicted octanol–water partition coefficient (Wildman–Crippen LogP) is -1.38. The van der Waals surface area contributed by atoms with Gasteiger partial charge in [-0.1, -0.05) is 13.8 Å². The summed E-state index contributed by atoms with van der Waals surface area (Å²) < 4.78 is 51.2. The third-order valence-electron chi connectivity index (χ3n) is 4.05. The van der Waals surface area contributed by atoms with Crippen molar-refractivity contribution in [2.75, 3.05) is 6.61 Å². The topological polar surface area (TPSA) is 264 Å². The van der Waals surface area contributed by atoms with E-state index in [-0.39, 0.29) is 11.5 Å². The molecule has 1 aromatic rings. The number of phosphoric acid groups is 3. The van der Waals surface area contributed by atoms with E-state index in [0.29, 0.717) is 0 Å². The Morgan fingerprint density at radius 3 is 2.19 bits per heavy atom. The van der Waals surface area contributed by atoms with Gasteiger partial charge >= 0.3 is 29.2 Å². The van der Waals surface area contributed by atoms with Crippen LogP contribution in [0.25, 0.3) is 0 Å². The van der Waals surface area contributed by atoms with E-state index in [1.54, 1.807) is 13.8 Å². The summed E-state index contributed by atoms with van der Waals surface area (Å²) in [5, 5.41) is 20.3. The van der Waals surface area contributed by atoms with Gasteiger partial charge < -0.3 is 34.5 Å². The first-order valence-electron chi connectivity index (χ1n) is 8.58. The Bertz CT molecular complexity index is 1090. The van der Waals surface area contributed by atoms with E-state index >= 15 is 0 Å². The summed E-state index contributed by atoms with van der Waals surface area (Å²) in [6.45, 7) is 2.27. The number of rotatable bonds is 9. The minimum atomic E-state index is -5.74. The molecule has 2 rings (SSSR count). The van der Waals surface area contributed by atoms with Crippen molar-refractivity contribution in [1.82, 2.24) is 9.55 Å². The van der Waals surface area contributed by atoms with Gasteiger partial charge in [0.15, 0.2) is 6.23 Å². The van der Waals surface area contributed by atoms with Crippen LogP contribution >= 0.6 is 23.5 Å². The fraction of sp³-hybridized carbons (Fsp3) is 0.667. The summed E-state index contributed by atoms with van der Waals surface area (Å²) in [5.74, 6) is -0.324. The lowest BCUT2D eigenvalue weighted by atomic mass is 10.1. The van der Waals surface area contributed by atoms with Crippen LogP contribution in [0.5, 0.6) is 0 Å². The molecule has 0 spiro atoms. The fourth-order valence-corrected chi connectivity index (χ4v) is 5.70. The van der Waals surface area contributed by atoms with Crippen LogP contribution in [0.4, 0.5) is 0 Å². The van der Waals surface area contributed by atoms with Crippen LogP contribution in [-0.2, 0) is 31.6 Å². The molecule has 0 radical (unpaired) electrons. The number of aliphatic hydroxyl groups is 2. The second-order valence-electron chi connectivity index (χ2n) is 6.84. The first-order valence-corrected chi connectivity index (χ1v) is 13.1. The van der Waals surface area contributed by atoms with Crippen LogP contribution < -0.4 is 11.2 Å². The second-order valence-corrected chi connectivity index (χ2v) is 11.3. The quantitative estimate of drug-likeness (QED) is 0.183. The fourth-order valence-electron chi connectivity index (χ4n) is 2.67. The Hall–Kier alpha value is -1.03. The molecule has 2 heterocycles. The lowest BCUT2D eigenvalue weighted by Gasteiger charge is -2.19. The maximum Gasteiger partial charge on any atom is 0.490 e. The molecule has 1 aliphatic heterocycles. The van der Waals surface area contributed by atoms with Gasteiger partial charge in [-0.05, 0) is 5.92 Å². The molecule has 1 fully saturated rings. The van der Waals surface area contributed by atoms with Crippen LogP contribution in [0.3, 0.4) is 0 Å². The third-order valence-corrected chi connectivity index (χ3v) is 7.85. The predicted molar refractivity (Wildman–Crippen MR) is 101 cm³/mol. The molecule has 20 heteroatoms. The summed E-state index contributed by atoms with van der Waals surface area (Å²) in [6.07, 6.45) is -5.60. The lowest BCUT2D eigenvalue weighted by Crippen LogP contribution is -2.39. The maximum atomic E-state index is 12.1. The van der Waals surface area contributed by atoms with Crippen LogP contribution in [-0.4, -0.2) is 64.3 Å². The van der Waals surface area contributed by atoms with Gasteiger partial charge in [-0.25, -0.2) is 18.5 Å². The molecular formula is C12H21N2O15P3. The molecule has 184 valence electrons. The normalized spacial score (nSPS) is 27.9. The summed E-state index contributed by atoms with van der Waals surface area (Å²) in [7, 11) is -16.8. The number of aromatic nitrogens is 2. The molecule has 32 heavy (non-hydrogen) atoms. The molecule has 2 unspecified atom stereocenters. The average molecular weight is 526 g/mol. The number of aliphatic hydroxyl groups excluding tert-OH is 2. The van der Waals surface area contributed by atoms with E-state index in [0.717, 1.165) is 10.8 Å². The van der Waals surface area contributed by atoms with Crippen molar-refractivity contribution >= 4 is 23.5 Å². The highest BCUT2D eigenvalue weighted by Crippen LogP contribution is 2.66. The van der Waals surface area contributed by atoms with Gasteiger partial charge in [0.05, 0.1) is 6.61 Å². The van der Waals surface area contributed by atoms with Gasteiger partial charge in [0.2, 0.25) is 0 Å². The Balaban J connectivity index is 2.15. The summed E-state index contributed by atoms with van der Waals surface area (Å²) in [5.41, 5.74) is -1.49. The Morgan fingerprint density at radius 1 is 1.06 bits per heavy atom. The van der Waals surface area contributed by atoms with Crippen molar-refractivity contribution in [2.24, 2.45) is 0 Å². The van der Waals surface area contributed by atoms with Crippen molar-refractivity contribution in [3.8, 4) is 0 Å². The van der Waals surface area contributed by atoms with Crippen LogP contribution in [0.1, 0.15) is 31.6 Å². The van der Waals surface area contributed by atoms with E-state index in [4.69, 9.17) is 19.4 Å². The number of ether oxygens (including phenoxy) is 1. The van der Waals surface area contributed by atoms with Crippen LogP contribution in [0, 0.1) is 0 Å². The van der Waals surface area contributed by atoms with Gasteiger partial charge in [-0.3, -0.25) is 18.9 Å². The number of hydrogen-bond donors (Lipinski definition) is 7. The number of hydrogen-bond acceptors (Lipinski definition) is 11. The van der Waals surface area contributed by atoms with Gasteiger partial charge in [0.25, 0.3) is 5.56 Å². The standard InChI is InChI=1S/C12H21N2O15P3/c1-5(2)6-3-14(12(18)13-10(6)17)11-9(16)8(15)7(27-11)4-26-31(22,23)29-32(24,25)28-30(19,20)21/h3,5,7-9,11,15-16H,4H2,1-2H3,(H,22,23)(H,24,25)(H,13,17,18)(H2,19,20,21)/t7-,8-,9-,11-/m1/s1. The number of phosphoric ester groups is 1. The van der Waals surface area contributed by atoms with E-state index < -0.39 is 65.9 Å². The van der Waals surface area contributed by atoms with Gasteiger partial charge in [-0.15, -0.1) is 0 Å². The van der Waals surface area contributed by atoms with E-state index in [9.17, 15) is 38.4 Å². The molecule has 0 saturated carbocycles. The van der Waals surface area contributed by atoms with Crippen molar-refractivity contribution in [1.29, 1.82) is 0 Å². The van der Waals surface area contributed by atoms with Gasteiger partial charge in [0, 0.05) is 11.8 Å². The summed E-state index contributed by atoms with van der Waals surface area (Å²) >= 11 is 0. The molecule has 1 aliphatic rings. The number of nitrogens with zero attached hydrogens (tertiary/aromatic N) is 1. The van der Waals surface area contributed by atoms with Gasteiger partial charge in [0.1, 0.15) is 18.3 Å². The SMILES string of the molecule is CC(C)c1cn([C@@H]2O[C@H](COP(=O)(O)OP(=O)(O)OP(=O)(O)O)[C@@H](O)[C@H]2O)c(=O)[nH]c1=O. The largest absolute Gasteiger partial charge is 0.490 e. The lowest BCUT2D eigenvalue weighted by molar-refractivity contribution is -0.0543. The molecular weight excluding hydrogens is 505 g/mol. The third kappa shape index (κ3) is 6.98.